The Hall–Kier alpha value is -1.27. The van der Waals surface area contributed by atoms with Crippen LogP contribution in [0.2, 0.25) is 0 Å². The van der Waals surface area contributed by atoms with E-state index in [2.05, 4.69) is 18.7 Å². The van der Waals surface area contributed by atoms with Crippen LogP contribution in [-0.2, 0) is 10.0 Å². The number of sulfonamides is 1. The molecule has 1 fully saturated rings. The molecule has 0 saturated carbocycles. The van der Waals surface area contributed by atoms with Crippen LogP contribution < -0.4 is 10.6 Å². The second-order valence-corrected chi connectivity index (χ2v) is 8.15. The molecule has 2 atom stereocenters. The Labute approximate surface area is 127 Å². The maximum Gasteiger partial charge on any atom is 0.244 e. The van der Waals surface area contributed by atoms with Crippen LogP contribution in [0.25, 0.3) is 0 Å². The van der Waals surface area contributed by atoms with Crippen molar-refractivity contribution >= 4 is 21.4 Å². The molecule has 0 spiro atoms. The fourth-order valence-corrected chi connectivity index (χ4v) is 3.91. The lowest BCUT2D eigenvalue weighted by Crippen LogP contribution is -2.43. The summed E-state index contributed by atoms with van der Waals surface area (Å²) in [6.45, 7) is 5.32. The molecule has 0 aromatic heterocycles. The summed E-state index contributed by atoms with van der Waals surface area (Å²) in [5.74, 6) is 0.576. The van der Waals surface area contributed by atoms with Crippen LogP contribution in [0.3, 0.4) is 0 Å². The first kappa shape index (κ1) is 16.1. The molecule has 1 heterocycles. The molecule has 1 aromatic carbocycles. The van der Waals surface area contributed by atoms with Crippen molar-refractivity contribution in [2.75, 3.05) is 31.3 Å². The predicted molar refractivity (Wildman–Crippen MR) is 86.9 cm³/mol. The zero-order valence-electron chi connectivity index (χ0n) is 13.2. The number of hydrogen-bond donors (Lipinski definition) is 1. The van der Waals surface area contributed by atoms with Crippen LogP contribution in [0.15, 0.2) is 23.1 Å². The molecule has 1 aliphatic rings. The van der Waals surface area contributed by atoms with Gasteiger partial charge in [0, 0.05) is 26.7 Å². The van der Waals surface area contributed by atoms with E-state index in [-0.39, 0.29) is 4.90 Å². The molecule has 1 saturated heterocycles. The standard InChI is InChI=1S/C15H25N3O2S/c1-11-7-6-10-18(12(11)2)13-8-5-9-14(15(13)16)21(19,20)17(3)4/h5,8-9,11-12H,6-7,10,16H2,1-4H3. The fourth-order valence-electron chi connectivity index (χ4n) is 2.88. The first-order valence-corrected chi connectivity index (χ1v) is 8.78. The molecule has 118 valence electrons. The van der Waals surface area contributed by atoms with Crippen LogP contribution in [0.4, 0.5) is 11.4 Å². The first-order chi connectivity index (χ1) is 9.76. The van der Waals surface area contributed by atoms with Crippen molar-refractivity contribution in [2.45, 2.75) is 37.6 Å². The monoisotopic (exact) mass is 311 g/mol. The zero-order chi connectivity index (χ0) is 15.8. The van der Waals surface area contributed by atoms with Gasteiger partial charge in [-0.25, -0.2) is 12.7 Å². The van der Waals surface area contributed by atoms with E-state index in [1.165, 1.54) is 24.8 Å². The Bertz CT molecular complexity index is 613. The highest BCUT2D eigenvalue weighted by Crippen LogP contribution is 2.35. The highest BCUT2D eigenvalue weighted by molar-refractivity contribution is 7.89. The molecular formula is C15H25N3O2S. The number of hydrogen-bond acceptors (Lipinski definition) is 4. The number of nitrogens with two attached hydrogens (primary N) is 1. The van der Waals surface area contributed by atoms with Crippen molar-refractivity contribution in [3.63, 3.8) is 0 Å². The van der Waals surface area contributed by atoms with Crippen molar-refractivity contribution in [3.05, 3.63) is 18.2 Å². The van der Waals surface area contributed by atoms with E-state index in [0.717, 1.165) is 18.7 Å². The van der Waals surface area contributed by atoms with E-state index in [1.54, 1.807) is 12.1 Å². The lowest BCUT2D eigenvalue weighted by molar-refractivity contribution is 0.364. The van der Waals surface area contributed by atoms with Gasteiger partial charge in [0.25, 0.3) is 0 Å². The van der Waals surface area contributed by atoms with Gasteiger partial charge in [-0.15, -0.1) is 0 Å². The van der Waals surface area contributed by atoms with Crippen LogP contribution in [0.1, 0.15) is 26.7 Å². The first-order valence-electron chi connectivity index (χ1n) is 7.34. The summed E-state index contributed by atoms with van der Waals surface area (Å²) in [5, 5.41) is 0. The summed E-state index contributed by atoms with van der Waals surface area (Å²) in [6.07, 6.45) is 2.31. The van der Waals surface area contributed by atoms with Gasteiger partial charge in [0.05, 0.1) is 11.4 Å². The van der Waals surface area contributed by atoms with E-state index in [1.807, 2.05) is 6.07 Å². The number of nitrogens with zero attached hydrogens (tertiary/aromatic N) is 2. The van der Waals surface area contributed by atoms with E-state index >= 15 is 0 Å². The highest BCUT2D eigenvalue weighted by Gasteiger charge is 2.29. The second-order valence-electron chi connectivity index (χ2n) is 6.03. The molecule has 0 amide bonds. The van der Waals surface area contributed by atoms with Crippen molar-refractivity contribution in [1.82, 2.24) is 4.31 Å². The van der Waals surface area contributed by atoms with Gasteiger partial charge in [-0.05, 0) is 37.8 Å². The third-order valence-electron chi connectivity index (χ3n) is 4.48. The minimum atomic E-state index is -3.52. The van der Waals surface area contributed by atoms with Gasteiger partial charge < -0.3 is 10.6 Å². The van der Waals surface area contributed by atoms with E-state index in [0.29, 0.717) is 17.6 Å². The maximum absolute atomic E-state index is 12.4. The molecule has 5 nitrogen and oxygen atoms in total. The number of anilines is 2. The van der Waals surface area contributed by atoms with Crippen molar-refractivity contribution in [2.24, 2.45) is 5.92 Å². The normalized spacial score (nSPS) is 23.6. The third kappa shape index (κ3) is 2.87. The largest absolute Gasteiger partial charge is 0.396 e. The Morgan fingerprint density at radius 2 is 1.95 bits per heavy atom. The van der Waals surface area contributed by atoms with E-state index < -0.39 is 10.0 Å². The minimum Gasteiger partial charge on any atom is -0.396 e. The molecular weight excluding hydrogens is 286 g/mol. The van der Waals surface area contributed by atoms with Crippen LogP contribution >= 0.6 is 0 Å². The number of benzene rings is 1. The van der Waals surface area contributed by atoms with Crippen LogP contribution in [0, 0.1) is 5.92 Å². The average Bonchev–Trinajstić information content (AvgIpc) is 2.42. The average molecular weight is 311 g/mol. The van der Waals surface area contributed by atoms with Gasteiger partial charge in [-0.1, -0.05) is 13.0 Å². The van der Waals surface area contributed by atoms with Gasteiger partial charge in [-0.3, -0.25) is 0 Å². The SMILES string of the molecule is CC1CCCN(c2cccc(S(=O)(=O)N(C)C)c2N)C1C. The van der Waals surface area contributed by atoms with E-state index in [4.69, 9.17) is 5.73 Å². The van der Waals surface area contributed by atoms with Gasteiger partial charge in [0.15, 0.2) is 0 Å². The lowest BCUT2D eigenvalue weighted by Gasteiger charge is -2.40. The molecule has 0 radical (unpaired) electrons. The van der Waals surface area contributed by atoms with Gasteiger partial charge in [0.2, 0.25) is 10.0 Å². The van der Waals surface area contributed by atoms with Crippen molar-refractivity contribution in [1.29, 1.82) is 0 Å². The Balaban J connectivity index is 2.48. The number of nitrogen functional groups attached to an aromatic ring is 1. The Kier molecular flexibility index (Phi) is 4.49. The van der Waals surface area contributed by atoms with E-state index in [9.17, 15) is 8.42 Å². The molecule has 1 aromatic rings. The van der Waals surface area contributed by atoms with Gasteiger partial charge in [0.1, 0.15) is 4.90 Å². The van der Waals surface area contributed by atoms with Gasteiger partial charge in [-0.2, -0.15) is 0 Å². The van der Waals surface area contributed by atoms with Gasteiger partial charge >= 0.3 is 0 Å². The van der Waals surface area contributed by atoms with Crippen LogP contribution in [0.5, 0.6) is 0 Å². The topological polar surface area (TPSA) is 66.6 Å². The number of piperidine rings is 1. The maximum atomic E-state index is 12.4. The molecule has 2 unspecified atom stereocenters. The number of para-hydroxylation sites is 1. The third-order valence-corrected chi connectivity index (χ3v) is 6.36. The molecule has 6 heteroatoms. The van der Waals surface area contributed by atoms with Crippen LogP contribution in [-0.4, -0.2) is 39.4 Å². The molecule has 1 aliphatic heterocycles. The summed E-state index contributed by atoms with van der Waals surface area (Å²) in [7, 11) is -0.476. The molecule has 0 aliphatic carbocycles. The minimum absolute atomic E-state index is 0.190. The predicted octanol–water partition coefficient (Wildman–Crippen LogP) is 2.14. The zero-order valence-corrected chi connectivity index (χ0v) is 14.0. The number of rotatable bonds is 3. The molecule has 2 rings (SSSR count). The summed E-state index contributed by atoms with van der Waals surface area (Å²) in [4.78, 5) is 2.42. The summed E-state index contributed by atoms with van der Waals surface area (Å²) >= 11 is 0. The molecule has 2 N–H and O–H groups in total. The summed E-state index contributed by atoms with van der Waals surface area (Å²) in [6, 6.07) is 5.62. The Morgan fingerprint density at radius 1 is 1.29 bits per heavy atom. The fraction of sp³-hybridized carbons (Fsp3) is 0.600. The second kappa shape index (κ2) is 5.85. The van der Waals surface area contributed by atoms with Crippen molar-refractivity contribution in [3.8, 4) is 0 Å². The quantitative estimate of drug-likeness (QED) is 0.869. The lowest BCUT2D eigenvalue weighted by atomic mass is 9.91. The smallest absolute Gasteiger partial charge is 0.244 e. The summed E-state index contributed by atoms with van der Waals surface area (Å²) < 4.78 is 25.9. The molecule has 21 heavy (non-hydrogen) atoms. The Morgan fingerprint density at radius 3 is 2.57 bits per heavy atom. The highest BCUT2D eigenvalue weighted by atomic mass is 32.2. The van der Waals surface area contributed by atoms with Crippen molar-refractivity contribution < 1.29 is 8.42 Å². The molecule has 0 bridgehead atoms. The summed E-state index contributed by atoms with van der Waals surface area (Å²) in [5.41, 5.74) is 7.38.